The molecule has 0 radical (unpaired) electrons. The largest absolute Gasteiger partial charge is 0.508 e. The molecule has 0 saturated carbocycles. The number of aromatic hydroxyl groups is 1. The summed E-state index contributed by atoms with van der Waals surface area (Å²) in [6, 6.07) is 6.46. The van der Waals surface area contributed by atoms with Gasteiger partial charge in [0.25, 0.3) is 0 Å². The van der Waals surface area contributed by atoms with Crippen LogP contribution in [0.3, 0.4) is 0 Å². The number of carboxylic acids is 1. The van der Waals surface area contributed by atoms with E-state index < -0.39 is 11.6 Å². The van der Waals surface area contributed by atoms with Crippen LogP contribution >= 0.6 is 0 Å². The van der Waals surface area contributed by atoms with E-state index in [1.54, 1.807) is 32.9 Å². The van der Waals surface area contributed by atoms with Crippen LogP contribution in [-0.4, -0.2) is 27.9 Å². The van der Waals surface area contributed by atoms with Crippen molar-refractivity contribution in [2.24, 2.45) is 0 Å². The molecule has 1 aromatic rings. The quantitative estimate of drug-likeness (QED) is 0.825. The highest BCUT2D eigenvalue weighted by molar-refractivity contribution is 5.77. The summed E-state index contributed by atoms with van der Waals surface area (Å²) in [7, 11) is 0. The maximum Gasteiger partial charge on any atom is 0.336 e. The maximum atomic E-state index is 11.3. The molecule has 0 saturated heterocycles. The number of aliphatic carboxylic acids is 1. The summed E-state index contributed by atoms with van der Waals surface area (Å²) >= 11 is 0. The first-order valence-electron chi connectivity index (χ1n) is 5.52. The molecule has 0 heterocycles. The van der Waals surface area contributed by atoms with Gasteiger partial charge >= 0.3 is 5.97 Å². The SMILES string of the molecule is CC(C)OC(C)(Cc1ccc(O)cc1)C(=O)O. The minimum absolute atomic E-state index is 0.159. The molecule has 1 unspecified atom stereocenters. The van der Waals surface area contributed by atoms with Crippen LogP contribution in [0, 0.1) is 0 Å². The van der Waals surface area contributed by atoms with Crippen LogP contribution in [0.2, 0.25) is 0 Å². The Morgan fingerprint density at radius 3 is 2.29 bits per heavy atom. The van der Waals surface area contributed by atoms with E-state index >= 15 is 0 Å². The van der Waals surface area contributed by atoms with Crippen molar-refractivity contribution in [3.8, 4) is 5.75 Å². The van der Waals surface area contributed by atoms with Crippen LogP contribution in [0.15, 0.2) is 24.3 Å². The Kier molecular flexibility index (Phi) is 4.12. The molecule has 2 N–H and O–H groups in total. The van der Waals surface area contributed by atoms with Gasteiger partial charge in [0, 0.05) is 6.42 Å². The molecule has 0 bridgehead atoms. The fourth-order valence-electron chi connectivity index (χ4n) is 1.69. The molecule has 17 heavy (non-hydrogen) atoms. The molecule has 94 valence electrons. The minimum Gasteiger partial charge on any atom is -0.508 e. The molecular weight excluding hydrogens is 220 g/mol. The van der Waals surface area contributed by atoms with Crippen LogP contribution in [0.1, 0.15) is 26.3 Å². The van der Waals surface area contributed by atoms with Crippen LogP contribution in [-0.2, 0) is 16.0 Å². The topological polar surface area (TPSA) is 66.8 Å². The zero-order chi connectivity index (χ0) is 13.1. The number of benzene rings is 1. The predicted molar refractivity (Wildman–Crippen MR) is 64.1 cm³/mol. The first kappa shape index (κ1) is 13.5. The molecule has 0 aliphatic heterocycles. The Bertz CT molecular complexity index is 383. The second kappa shape index (κ2) is 5.19. The highest BCUT2D eigenvalue weighted by Gasteiger charge is 2.35. The van der Waals surface area contributed by atoms with E-state index in [2.05, 4.69) is 0 Å². The average Bonchev–Trinajstić information content (AvgIpc) is 2.20. The van der Waals surface area contributed by atoms with Crippen molar-refractivity contribution in [1.82, 2.24) is 0 Å². The lowest BCUT2D eigenvalue weighted by Gasteiger charge is -2.27. The predicted octanol–water partition coefficient (Wildman–Crippen LogP) is 2.20. The van der Waals surface area contributed by atoms with Gasteiger partial charge < -0.3 is 14.9 Å². The van der Waals surface area contributed by atoms with Crippen molar-refractivity contribution in [1.29, 1.82) is 0 Å². The summed E-state index contributed by atoms with van der Waals surface area (Å²) in [5.41, 5.74) is -0.432. The third-order valence-corrected chi connectivity index (χ3v) is 2.43. The average molecular weight is 238 g/mol. The molecule has 1 aromatic carbocycles. The van der Waals surface area contributed by atoms with E-state index in [4.69, 9.17) is 9.84 Å². The monoisotopic (exact) mass is 238 g/mol. The number of hydrogen-bond donors (Lipinski definition) is 2. The van der Waals surface area contributed by atoms with Crippen molar-refractivity contribution in [3.05, 3.63) is 29.8 Å². The van der Waals surface area contributed by atoms with E-state index in [0.717, 1.165) is 5.56 Å². The Balaban J connectivity index is 2.86. The lowest BCUT2D eigenvalue weighted by atomic mass is 9.96. The molecule has 0 spiro atoms. The fraction of sp³-hybridized carbons (Fsp3) is 0.462. The number of phenolic OH excluding ortho intramolecular Hbond substituents is 1. The van der Waals surface area contributed by atoms with E-state index in [0.29, 0.717) is 0 Å². The van der Waals surface area contributed by atoms with Gasteiger partial charge in [-0.05, 0) is 38.5 Å². The van der Waals surface area contributed by atoms with Gasteiger partial charge in [0.05, 0.1) is 6.10 Å². The van der Waals surface area contributed by atoms with Gasteiger partial charge in [0.2, 0.25) is 0 Å². The number of carboxylic acid groups (broad SMARTS) is 1. The molecule has 0 aromatic heterocycles. The van der Waals surface area contributed by atoms with Gasteiger partial charge in [-0.3, -0.25) is 0 Å². The Hall–Kier alpha value is -1.55. The number of ether oxygens (including phenoxy) is 1. The van der Waals surface area contributed by atoms with Crippen LogP contribution in [0.25, 0.3) is 0 Å². The summed E-state index contributed by atoms with van der Waals surface area (Å²) < 4.78 is 5.47. The number of rotatable bonds is 5. The molecule has 0 fully saturated rings. The van der Waals surface area contributed by atoms with Crippen molar-refractivity contribution in [2.45, 2.75) is 38.9 Å². The molecule has 1 atom stereocenters. The molecular formula is C13H18O4. The van der Waals surface area contributed by atoms with Crippen molar-refractivity contribution >= 4 is 5.97 Å². The van der Waals surface area contributed by atoms with E-state index in [1.165, 1.54) is 12.1 Å². The van der Waals surface area contributed by atoms with Gasteiger partial charge in [-0.2, -0.15) is 0 Å². The second-order valence-electron chi connectivity index (χ2n) is 4.55. The number of hydrogen-bond acceptors (Lipinski definition) is 3. The van der Waals surface area contributed by atoms with Crippen molar-refractivity contribution in [3.63, 3.8) is 0 Å². The zero-order valence-electron chi connectivity index (χ0n) is 10.3. The van der Waals surface area contributed by atoms with Gasteiger partial charge in [0.1, 0.15) is 5.75 Å². The lowest BCUT2D eigenvalue weighted by molar-refractivity contribution is -0.168. The molecule has 1 rings (SSSR count). The Labute approximate surface area is 101 Å². The second-order valence-corrected chi connectivity index (χ2v) is 4.55. The first-order valence-corrected chi connectivity index (χ1v) is 5.52. The molecule has 0 aliphatic rings. The summed E-state index contributed by atoms with van der Waals surface area (Å²) in [6.45, 7) is 5.16. The molecule has 0 amide bonds. The van der Waals surface area contributed by atoms with Crippen molar-refractivity contribution < 1.29 is 19.7 Å². The van der Waals surface area contributed by atoms with E-state index in [1.807, 2.05) is 0 Å². The Morgan fingerprint density at radius 2 is 1.88 bits per heavy atom. The van der Waals surface area contributed by atoms with Gasteiger partial charge in [0.15, 0.2) is 5.60 Å². The minimum atomic E-state index is -1.24. The highest BCUT2D eigenvalue weighted by Crippen LogP contribution is 2.21. The van der Waals surface area contributed by atoms with Crippen LogP contribution < -0.4 is 0 Å². The Morgan fingerprint density at radius 1 is 1.35 bits per heavy atom. The lowest BCUT2D eigenvalue weighted by Crippen LogP contribution is -2.42. The summed E-state index contributed by atoms with van der Waals surface area (Å²) in [4.78, 5) is 11.3. The third-order valence-electron chi connectivity index (χ3n) is 2.43. The third kappa shape index (κ3) is 3.75. The van der Waals surface area contributed by atoms with E-state index in [-0.39, 0.29) is 18.3 Å². The smallest absolute Gasteiger partial charge is 0.336 e. The molecule has 4 nitrogen and oxygen atoms in total. The highest BCUT2D eigenvalue weighted by atomic mass is 16.5. The number of carbonyl (C=O) groups is 1. The summed E-state index contributed by atoms with van der Waals surface area (Å²) in [5.74, 6) is -0.824. The summed E-state index contributed by atoms with van der Waals surface area (Å²) in [6.07, 6.45) is 0.106. The first-order chi connectivity index (χ1) is 7.83. The zero-order valence-corrected chi connectivity index (χ0v) is 10.3. The normalized spacial score (nSPS) is 14.6. The van der Waals surface area contributed by atoms with Crippen LogP contribution in [0.5, 0.6) is 5.75 Å². The fourth-order valence-corrected chi connectivity index (χ4v) is 1.69. The number of phenols is 1. The summed E-state index contributed by atoms with van der Waals surface area (Å²) in [5, 5.41) is 18.4. The van der Waals surface area contributed by atoms with Gasteiger partial charge in [-0.25, -0.2) is 4.79 Å². The van der Waals surface area contributed by atoms with Crippen LogP contribution in [0.4, 0.5) is 0 Å². The molecule has 4 heteroatoms. The van der Waals surface area contributed by atoms with Crippen molar-refractivity contribution in [2.75, 3.05) is 0 Å². The maximum absolute atomic E-state index is 11.3. The standard InChI is InChI=1S/C13H18O4/c1-9(2)17-13(3,12(15)16)8-10-4-6-11(14)7-5-10/h4-7,9,14H,8H2,1-3H3,(H,15,16). The van der Waals surface area contributed by atoms with Gasteiger partial charge in [-0.15, -0.1) is 0 Å². The molecule has 0 aliphatic carbocycles. The van der Waals surface area contributed by atoms with Gasteiger partial charge in [-0.1, -0.05) is 12.1 Å². The van der Waals surface area contributed by atoms with E-state index in [9.17, 15) is 9.90 Å².